The van der Waals surface area contributed by atoms with Crippen LogP contribution in [-0.2, 0) is 4.74 Å². The van der Waals surface area contributed by atoms with Gasteiger partial charge in [0, 0.05) is 5.56 Å². The molecule has 0 aliphatic carbocycles. The first-order valence-corrected chi connectivity index (χ1v) is 4.94. The minimum Gasteiger partial charge on any atom is -0.463 e. The third-order valence-corrected chi connectivity index (χ3v) is 2.34. The Morgan fingerprint density at radius 2 is 2.06 bits per heavy atom. The van der Waals surface area contributed by atoms with Crippen LogP contribution in [0.1, 0.15) is 16.1 Å². The second-order valence-electron chi connectivity index (χ2n) is 3.56. The number of ether oxygens (including phenoxy) is 1. The van der Waals surface area contributed by atoms with Crippen molar-refractivity contribution in [3.8, 4) is 11.1 Å². The number of methoxy groups -OCH3 is 1. The van der Waals surface area contributed by atoms with E-state index >= 15 is 0 Å². The summed E-state index contributed by atoms with van der Waals surface area (Å²) in [7, 11) is 1.33. The Morgan fingerprint density at radius 1 is 1.25 bits per heavy atom. The molecule has 0 saturated carbocycles. The molecule has 16 heavy (non-hydrogen) atoms. The number of benzene rings is 1. The Morgan fingerprint density at radius 3 is 2.75 bits per heavy atom. The lowest BCUT2D eigenvalue weighted by atomic mass is 10.1. The van der Waals surface area contributed by atoms with E-state index in [4.69, 9.17) is 4.42 Å². The molecule has 0 aliphatic rings. The van der Waals surface area contributed by atoms with Gasteiger partial charge in [0.1, 0.15) is 0 Å². The summed E-state index contributed by atoms with van der Waals surface area (Å²) in [6.07, 6.45) is 1.56. The molecule has 1 heterocycles. The van der Waals surface area contributed by atoms with Crippen molar-refractivity contribution in [1.29, 1.82) is 0 Å². The lowest BCUT2D eigenvalue weighted by Gasteiger charge is -1.97. The molecular formula is C13H12O3. The third-order valence-electron chi connectivity index (χ3n) is 2.34. The second-order valence-corrected chi connectivity index (χ2v) is 3.56. The smallest absolute Gasteiger partial charge is 0.373 e. The summed E-state index contributed by atoms with van der Waals surface area (Å²) >= 11 is 0. The van der Waals surface area contributed by atoms with Gasteiger partial charge >= 0.3 is 5.97 Å². The van der Waals surface area contributed by atoms with Gasteiger partial charge in [0.15, 0.2) is 0 Å². The van der Waals surface area contributed by atoms with E-state index in [1.54, 1.807) is 12.3 Å². The lowest BCUT2D eigenvalue weighted by molar-refractivity contribution is 0.0565. The molecule has 1 aromatic heterocycles. The normalized spacial score (nSPS) is 10.1. The van der Waals surface area contributed by atoms with Gasteiger partial charge in [-0.2, -0.15) is 0 Å². The number of hydrogen-bond acceptors (Lipinski definition) is 3. The number of hydrogen-bond donors (Lipinski definition) is 0. The Labute approximate surface area is 93.7 Å². The number of furan rings is 1. The van der Waals surface area contributed by atoms with Crippen LogP contribution in [-0.4, -0.2) is 13.1 Å². The van der Waals surface area contributed by atoms with Crippen LogP contribution in [0.25, 0.3) is 11.1 Å². The maximum atomic E-state index is 11.2. The number of carbonyl (C=O) groups is 1. The van der Waals surface area contributed by atoms with Gasteiger partial charge < -0.3 is 9.15 Å². The van der Waals surface area contributed by atoms with Crippen LogP contribution in [0.4, 0.5) is 0 Å². The summed E-state index contributed by atoms with van der Waals surface area (Å²) < 4.78 is 9.71. The van der Waals surface area contributed by atoms with Gasteiger partial charge in [0.2, 0.25) is 5.76 Å². The predicted octanol–water partition coefficient (Wildman–Crippen LogP) is 3.04. The van der Waals surface area contributed by atoms with Crippen molar-refractivity contribution in [2.24, 2.45) is 0 Å². The highest BCUT2D eigenvalue weighted by Gasteiger charge is 2.11. The Bertz CT molecular complexity index is 511. The van der Waals surface area contributed by atoms with Gasteiger partial charge in [-0.15, -0.1) is 0 Å². The van der Waals surface area contributed by atoms with Crippen LogP contribution in [0.3, 0.4) is 0 Å². The first kappa shape index (κ1) is 10.5. The fourth-order valence-corrected chi connectivity index (χ4v) is 1.52. The molecular weight excluding hydrogens is 204 g/mol. The molecule has 3 heteroatoms. The van der Waals surface area contributed by atoms with Crippen LogP contribution in [0, 0.1) is 6.92 Å². The van der Waals surface area contributed by atoms with Crippen molar-refractivity contribution < 1.29 is 13.9 Å². The van der Waals surface area contributed by atoms with E-state index in [9.17, 15) is 4.79 Å². The van der Waals surface area contributed by atoms with E-state index < -0.39 is 5.97 Å². The van der Waals surface area contributed by atoms with E-state index in [1.807, 2.05) is 31.2 Å². The fourth-order valence-electron chi connectivity index (χ4n) is 1.52. The fraction of sp³-hybridized carbons (Fsp3) is 0.154. The zero-order valence-electron chi connectivity index (χ0n) is 9.19. The topological polar surface area (TPSA) is 39.4 Å². The molecule has 0 atom stereocenters. The summed E-state index contributed by atoms with van der Waals surface area (Å²) in [6, 6.07) is 9.67. The minimum atomic E-state index is -0.459. The molecule has 0 fully saturated rings. The van der Waals surface area contributed by atoms with Crippen LogP contribution in [0.2, 0.25) is 0 Å². The molecule has 0 amide bonds. The van der Waals surface area contributed by atoms with Crippen LogP contribution in [0.5, 0.6) is 0 Å². The molecule has 0 aliphatic heterocycles. The summed E-state index contributed by atoms with van der Waals surface area (Å²) in [4.78, 5) is 11.2. The number of rotatable bonds is 2. The molecule has 0 N–H and O–H groups in total. The van der Waals surface area contributed by atoms with E-state index in [0.29, 0.717) is 0 Å². The first-order valence-electron chi connectivity index (χ1n) is 4.94. The highest BCUT2D eigenvalue weighted by molar-refractivity contribution is 5.88. The van der Waals surface area contributed by atoms with Crippen molar-refractivity contribution in [2.45, 2.75) is 6.92 Å². The Balaban J connectivity index is 2.35. The van der Waals surface area contributed by atoms with Gasteiger partial charge in [-0.25, -0.2) is 4.79 Å². The molecule has 82 valence electrons. The van der Waals surface area contributed by atoms with Crippen LogP contribution < -0.4 is 0 Å². The highest BCUT2D eigenvalue weighted by Crippen LogP contribution is 2.23. The van der Waals surface area contributed by atoms with Crippen LogP contribution in [0.15, 0.2) is 41.0 Å². The minimum absolute atomic E-state index is 0.221. The molecule has 0 radical (unpaired) electrons. The Kier molecular flexibility index (Phi) is 2.77. The average molecular weight is 216 g/mol. The monoisotopic (exact) mass is 216 g/mol. The van der Waals surface area contributed by atoms with Crippen LogP contribution >= 0.6 is 0 Å². The van der Waals surface area contributed by atoms with E-state index in [0.717, 1.165) is 11.1 Å². The zero-order chi connectivity index (χ0) is 11.5. The predicted molar refractivity (Wildman–Crippen MR) is 60.2 cm³/mol. The quantitative estimate of drug-likeness (QED) is 0.724. The van der Waals surface area contributed by atoms with E-state index in [2.05, 4.69) is 4.74 Å². The van der Waals surface area contributed by atoms with Gasteiger partial charge in [0.05, 0.1) is 13.4 Å². The Hall–Kier alpha value is -2.03. The number of carbonyl (C=O) groups excluding carboxylic acids is 1. The average Bonchev–Trinajstić information content (AvgIpc) is 2.77. The summed E-state index contributed by atoms with van der Waals surface area (Å²) in [5.74, 6) is -0.238. The van der Waals surface area contributed by atoms with Gasteiger partial charge in [-0.1, -0.05) is 29.8 Å². The van der Waals surface area contributed by atoms with E-state index in [1.165, 1.54) is 12.7 Å². The second kappa shape index (κ2) is 4.23. The first-order chi connectivity index (χ1) is 7.70. The summed E-state index contributed by atoms with van der Waals surface area (Å²) in [5, 5.41) is 0. The largest absolute Gasteiger partial charge is 0.463 e. The van der Waals surface area contributed by atoms with Crippen molar-refractivity contribution in [2.75, 3.05) is 7.11 Å². The zero-order valence-corrected chi connectivity index (χ0v) is 9.19. The molecule has 1 aromatic carbocycles. The molecule has 0 bridgehead atoms. The number of aryl methyl sites for hydroxylation is 1. The maximum Gasteiger partial charge on any atom is 0.373 e. The van der Waals surface area contributed by atoms with Gasteiger partial charge in [-0.3, -0.25) is 0 Å². The van der Waals surface area contributed by atoms with Crippen molar-refractivity contribution in [3.63, 3.8) is 0 Å². The maximum absolute atomic E-state index is 11.2. The van der Waals surface area contributed by atoms with E-state index in [-0.39, 0.29) is 5.76 Å². The van der Waals surface area contributed by atoms with Gasteiger partial charge in [0.25, 0.3) is 0 Å². The molecule has 0 spiro atoms. The third kappa shape index (κ3) is 1.98. The number of esters is 1. The molecule has 2 rings (SSSR count). The van der Waals surface area contributed by atoms with Crippen molar-refractivity contribution in [3.05, 3.63) is 47.9 Å². The lowest BCUT2D eigenvalue weighted by Crippen LogP contribution is -1.98. The molecule has 2 aromatic rings. The van der Waals surface area contributed by atoms with Gasteiger partial charge in [-0.05, 0) is 18.6 Å². The summed E-state index contributed by atoms with van der Waals surface area (Å²) in [5.41, 5.74) is 3.07. The van der Waals surface area contributed by atoms with Crippen molar-refractivity contribution >= 4 is 5.97 Å². The van der Waals surface area contributed by atoms with Crippen molar-refractivity contribution in [1.82, 2.24) is 0 Å². The molecule has 3 nitrogen and oxygen atoms in total. The summed E-state index contributed by atoms with van der Waals surface area (Å²) in [6.45, 7) is 2.02. The standard InChI is InChI=1S/C13H12O3/c1-9-4-3-5-10(6-9)11-7-12(16-8-11)13(14)15-2/h3-8H,1-2H3. The SMILES string of the molecule is COC(=O)c1cc(-c2cccc(C)c2)co1. The molecule has 0 unspecified atom stereocenters. The highest BCUT2D eigenvalue weighted by atomic mass is 16.5. The molecule has 0 saturated heterocycles.